The summed E-state index contributed by atoms with van der Waals surface area (Å²) in [7, 11) is -2.12. The van der Waals surface area contributed by atoms with E-state index in [0.717, 1.165) is 16.5 Å². The zero-order valence-corrected chi connectivity index (χ0v) is 24.0. The molecule has 0 radical (unpaired) electrons. The van der Waals surface area contributed by atoms with Crippen molar-refractivity contribution in [3.63, 3.8) is 0 Å². The quantitative estimate of drug-likeness (QED) is 0.333. The number of carbonyl (C=O) groups excluding carboxylic acids is 1. The molecule has 6 nitrogen and oxygen atoms in total. The molecule has 3 aromatic rings. The number of fused-ring (bicyclic) bond motifs is 1. The van der Waals surface area contributed by atoms with Gasteiger partial charge in [0.15, 0.2) is 8.32 Å². The van der Waals surface area contributed by atoms with Crippen LogP contribution in [0.1, 0.15) is 58.8 Å². The molecule has 0 aliphatic heterocycles. The minimum absolute atomic E-state index is 0.000129. The minimum atomic E-state index is -2.12. The molecule has 0 aliphatic rings. The summed E-state index contributed by atoms with van der Waals surface area (Å²) in [5.74, 6) is 0. The van der Waals surface area contributed by atoms with Gasteiger partial charge in [0.2, 0.25) is 0 Å². The van der Waals surface area contributed by atoms with E-state index in [9.17, 15) is 9.90 Å². The van der Waals surface area contributed by atoms with Gasteiger partial charge >= 0.3 is 6.09 Å². The van der Waals surface area contributed by atoms with Crippen LogP contribution in [0.2, 0.25) is 18.1 Å². The molecule has 2 N–H and O–H groups in total. The number of carbonyl (C=O) groups is 1. The first-order valence-corrected chi connectivity index (χ1v) is 15.5. The highest BCUT2D eigenvalue weighted by Crippen LogP contribution is 2.37. The number of benzene rings is 2. The first kappa shape index (κ1) is 28.0. The van der Waals surface area contributed by atoms with Gasteiger partial charge in [-0.3, -0.25) is 0 Å². The number of para-hydroxylation sites is 1. The van der Waals surface area contributed by atoms with Crippen molar-refractivity contribution in [1.29, 1.82) is 0 Å². The Morgan fingerprint density at radius 3 is 2.22 bits per heavy atom. The number of aliphatic hydroxyl groups excluding tert-OH is 1. The lowest BCUT2D eigenvalue weighted by molar-refractivity contribution is 0.0360. The Balaban J connectivity index is 1.95. The second-order valence-corrected chi connectivity index (χ2v) is 16.8. The molecule has 0 saturated carbocycles. The molecule has 1 aromatic heterocycles. The molecule has 0 aliphatic carbocycles. The van der Waals surface area contributed by atoms with Crippen LogP contribution in [0, 0.1) is 0 Å². The lowest BCUT2D eigenvalue weighted by Crippen LogP contribution is -2.49. The molecule has 36 heavy (non-hydrogen) atoms. The van der Waals surface area contributed by atoms with Gasteiger partial charge in [-0.25, -0.2) is 4.79 Å². The van der Waals surface area contributed by atoms with Crippen molar-refractivity contribution in [2.24, 2.45) is 0 Å². The molecule has 1 heterocycles. The third-order valence-electron chi connectivity index (χ3n) is 6.85. The second kappa shape index (κ2) is 10.8. The van der Waals surface area contributed by atoms with Gasteiger partial charge < -0.3 is 24.2 Å². The van der Waals surface area contributed by atoms with E-state index in [1.165, 1.54) is 5.56 Å². The molecule has 1 amide bonds. The number of nitrogens with zero attached hydrogens (tertiary/aromatic N) is 1. The Morgan fingerprint density at radius 1 is 1.00 bits per heavy atom. The second-order valence-electron chi connectivity index (χ2n) is 12.0. The fourth-order valence-corrected chi connectivity index (χ4v) is 4.85. The Bertz CT molecular complexity index is 1160. The van der Waals surface area contributed by atoms with Crippen molar-refractivity contribution in [3.05, 3.63) is 71.9 Å². The minimum Gasteiger partial charge on any atom is -0.444 e. The van der Waals surface area contributed by atoms with Crippen molar-refractivity contribution in [1.82, 2.24) is 9.88 Å². The van der Waals surface area contributed by atoms with Crippen LogP contribution in [0.25, 0.3) is 10.9 Å². The summed E-state index contributed by atoms with van der Waals surface area (Å²) in [6, 6.07) is 17.6. The van der Waals surface area contributed by atoms with E-state index in [2.05, 4.69) is 61.9 Å². The lowest BCUT2D eigenvalue weighted by atomic mass is 10.0. The molecule has 0 bridgehead atoms. The summed E-state index contributed by atoms with van der Waals surface area (Å²) in [5.41, 5.74) is 2.30. The average molecular weight is 511 g/mol. The standard InChI is InChI=1S/C29H42N2O4Si/c1-28(2,3)35-27(33)30-24(20-34-36(7,8)29(4,5)6)26(32)23-19-31(18-21-14-10-9-11-15-21)25-17-13-12-16-22(23)25/h9-17,19,24,26,32H,18,20H2,1-8H3,(H,30,33)/t24-,26-/m1/s1. The molecular formula is C29H42N2O4Si. The number of aromatic nitrogens is 1. The van der Waals surface area contributed by atoms with Crippen LogP contribution in [0.15, 0.2) is 60.8 Å². The van der Waals surface area contributed by atoms with E-state index >= 15 is 0 Å². The van der Waals surface area contributed by atoms with Gasteiger partial charge in [-0.2, -0.15) is 0 Å². The van der Waals surface area contributed by atoms with Crippen LogP contribution in [-0.2, 0) is 15.7 Å². The van der Waals surface area contributed by atoms with E-state index in [1.54, 1.807) is 0 Å². The number of ether oxygens (including phenoxy) is 1. The van der Waals surface area contributed by atoms with Crippen molar-refractivity contribution < 1.29 is 19.1 Å². The Kier molecular flexibility index (Phi) is 8.38. The lowest BCUT2D eigenvalue weighted by Gasteiger charge is -2.38. The van der Waals surface area contributed by atoms with Crippen molar-refractivity contribution in [2.45, 2.75) is 84.0 Å². The largest absolute Gasteiger partial charge is 0.444 e. The molecule has 2 aromatic carbocycles. The van der Waals surface area contributed by atoms with Crippen LogP contribution in [0.3, 0.4) is 0 Å². The van der Waals surface area contributed by atoms with Crippen LogP contribution < -0.4 is 5.32 Å². The Morgan fingerprint density at radius 2 is 1.61 bits per heavy atom. The highest BCUT2D eigenvalue weighted by Gasteiger charge is 2.39. The maximum absolute atomic E-state index is 12.7. The van der Waals surface area contributed by atoms with E-state index in [4.69, 9.17) is 9.16 Å². The fourth-order valence-electron chi connectivity index (χ4n) is 3.82. The number of hydrogen-bond donors (Lipinski definition) is 2. The number of nitrogens with one attached hydrogen (secondary N) is 1. The highest BCUT2D eigenvalue weighted by atomic mass is 28.4. The van der Waals surface area contributed by atoms with Crippen molar-refractivity contribution in [2.75, 3.05) is 6.61 Å². The first-order chi connectivity index (χ1) is 16.7. The van der Waals surface area contributed by atoms with E-state index in [0.29, 0.717) is 6.54 Å². The third kappa shape index (κ3) is 6.99. The van der Waals surface area contributed by atoms with Crippen LogP contribution in [-0.4, -0.2) is 42.3 Å². The normalized spacial score (nSPS) is 14.5. The van der Waals surface area contributed by atoms with Crippen LogP contribution in [0.4, 0.5) is 4.79 Å². The van der Waals surface area contributed by atoms with Crippen LogP contribution in [0.5, 0.6) is 0 Å². The fraction of sp³-hybridized carbons (Fsp3) is 0.483. The zero-order chi connectivity index (χ0) is 26.7. The number of alkyl carbamates (subject to hydrolysis) is 1. The molecule has 0 fully saturated rings. The van der Waals surface area contributed by atoms with Gasteiger partial charge in [-0.05, 0) is 50.5 Å². The molecular weight excluding hydrogens is 468 g/mol. The summed E-state index contributed by atoms with van der Waals surface area (Å²) >= 11 is 0. The molecule has 7 heteroatoms. The SMILES string of the molecule is CC(C)(C)OC(=O)N[C@H](CO[Si](C)(C)C(C)(C)C)[C@H](O)c1cn(Cc2ccccc2)c2ccccc12. The van der Waals surface area contributed by atoms with Gasteiger partial charge in [0.05, 0.1) is 12.6 Å². The molecule has 0 unspecified atom stereocenters. The Hall–Kier alpha value is -2.61. The summed E-state index contributed by atoms with van der Waals surface area (Å²) in [5, 5.41) is 15.5. The molecule has 3 rings (SSSR count). The maximum Gasteiger partial charge on any atom is 0.408 e. The summed E-state index contributed by atoms with van der Waals surface area (Å²) < 4.78 is 14.1. The highest BCUT2D eigenvalue weighted by molar-refractivity contribution is 6.74. The zero-order valence-electron chi connectivity index (χ0n) is 23.0. The smallest absolute Gasteiger partial charge is 0.408 e. The monoisotopic (exact) mass is 510 g/mol. The Labute approximate surface area is 216 Å². The van der Waals surface area contributed by atoms with Crippen molar-refractivity contribution in [3.8, 4) is 0 Å². The number of hydrogen-bond acceptors (Lipinski definition) is 4. The maximum atomic E-state index is 12.7. The van der Waals surface area contributed by atoms with Gasteiger partial charge in [0.1, 0.15) is 11.7 Å². The molecule has 0 spiro atoms. The topological polar surface area (TPSA) is 72.7 Å². The number of amides is 1. The summed E-state index contributed by atoms with van der Waals surface area (Å²) in [4.78, 5) is 12.7. The summed E-state index contributed by atoms with van der Waals surface area (Å²) in [6.07, 6.45) is 0.431. The number of aliphatic hydroxyl groups is 1. The van der Waals surface area contributed by atoms with Crippen LogP contribution >= 0.6 is 0 Å². The summed E-state index contributed by atoms with van der Waals surface area (Å²) in [6.45, 7) is 17.2. The molecule has 2 atom stereocenters. The third-order valence-corrected chi connectivity index (χ3v) is 11.3. The molecule has 0 saturated heterocycles. The van der Waals surface area contributed by atoms with Crippen molar-refractivity contribution >= 4 is 25.3 Å². The number of rotatable bonds is 8. The van der Waals surface area contributed by atoms with Gasteiger partial charge in [0, 0.05) is 29.2 Å². The molecule has 196 valence electrons. The predicted octanol–water partition coefficient (Wildman–Crippen LogP) is 6.64. The van der Waals surface area contributed by atoms with Gasteiger partial charge in [0.25, 0.3) is 0 Å². The van der Waals surface area contributed by atoms with Gasteiger partial charge in [-0.15, -0.1) is 0 Å². The van der Waals surface area contributed by atoms with Gasteiger partial charge in [-0.1, -0.05) is 69.3 Å². The van der Waals surface area contributed by atoms with E-state index in [-0.39, 0.29) is 11.6 Å². The predicted molar refractivity (Wildman–Crippen MR) is 149 cm³/mol. The van der Waals surface area contributed by atoms with E-state index < -0.39 is 32.2 Å². The first-order valence-electron chi connectivity index (χ1n) is 12.6. The van der Waals surface area contributed by atoms with E-state index in [1.807, 2.05) is 63.4 Å². The average Bonchev–Trinajstić information content (AvgIpc) is 3.13.